The van der Waals surface area contributed by atoms with Gasteiger partial charge in [0.15, 0.2) is 5.82 Å². The average molecular weight is 350 g/mol. The number of nitrogens with zero attached hydrogens (tertiary/aromatic N) is 3. The molecule has 1 amide bonds. The van der Waals surface area contributed by atoms with E-state index >= 15 is 0 Å². The highest BCUT2D eigenvalue weighted by molar-refractivity contribution is 7.89. The average Bonchev–Trinajstić information content (AvgIpc) is 3.18. The minimum Gasteiger partial charge on any atom is -0.339 e. The number of aromatic nitrogens is 2. The fourth-order valence-corrected chi connectivity index (χ4v) is 3.65. The van der Waals surface area contributed by atoms with Gasteiger partial charge in [-0.25, -0.2) is 13.1 Å². The van der Waals surface area contributed by atoms with E-state index in [2.05, 4.69) is 14.9 Å². The summed E-state index contributed by atoms with van der Waals surface area (Å²) in [7, 11) is -3.69. The first-order valence-electron chi connectivity index (χ1n) is 7.63. The molecule has 1 aromatic carbocycles. The van der Waals surface area contributed by atoms with Crippen molar-refractivity contribution in [1.29, 1.82) is 0 Å². The quantitative estimate of drug-likeness (QED) is 0.863. The molecule has 24 heavy (non-hydrogen) atoms. The molecular weight excluding hydrogens is 332 g/mol. The fraction of sp³-hybridized carbons (Fsp3) is 0.400. The van der Waals surface area contributed by atoms with E-state index in [0.717, 1.165) is 11.3 Å². The highest BCUT2D eigenvalue weighted by atomic mass is 32.2. The van der Waals surface area contributed by atoms with E-state index in [9.17, 15) is 13.2 Å². The smallest absolute Gasteiger partial charge is 0.240 e. The van der Waals surface area contributed by atoms with Gasteiger partial charge in [-0.2, -0.15) is 4.98 Å². The van der Waals surface area contributed by atoms with E-state index in [1.54, 1.807) is 17.0 Å². The third kappa shape index (κ3) is 3.17. The molecule has 0 bridgehead atoms. The summed E-state index contributed by atoms with van der Waals surface area (Å²) in [5, 5.41) is 3.71. The molecule has 0 fully saturated rings. The number of anilines is 1. The lowest BCUT2D eigenvalue weighted by molar-refractivity contribution is -0.116. The maximum Gasteiger partial charge on any atom is 0.240 e. The zero-order valence-electron chi connectivity index (χ0n) is 13.4. The van der Waals surface area contributed by atoms with Crippen molar-refractivity contribution < 1.29 is 17.7 Å². The van der Waals surface area contributed by atoms with Gasteiger partial charge in [-0.3, -0.25) is 4.79 Å². The second-order valence-corrected chi connectivity index (χ2v) is 7.26. The van der Waals surface area contributed by atoms with E-state index in [4.69, 9.17) is 4.52 Å². The summed E-state index contributed by atoms with van der Waals surface area (Å²) in [5.41, 5.74) is 1.62. The topological polar surface area (TPSA) is 105 Å². The zero-order valence-corrected chi connectivity index (χ0v) is 14.3. The summed E-state index contributed by atoms with van der Waals surface area (Å²) >= 11 is 0. The Hall–Kier alpha value is -2.26. The monoisotopic (exact) mass is 350 g/mol. The number of nitrogens with one attached hydrogen (secondary N) is 1. The summed E-state index contributed by atoms with van der Waals surface area (Å²) in [6.07, 6.45) is 1.24. The molecule has 1 N–H and O–H groups in total. The third-order valence-corrected chi connectivity index (χ3v) is 5.27. The summed E-state index contributed by atoms with van der Waals surface area (Å²) < 4.78 is 32.2. The summed E-state index contributed by atoms with van der Waals surface area (Å²) in [4.78, 5) is 17.4. The molecule has 1 aliphatic heterocycles. The van der Waals surface area contributed by atoms with Crippen LogP contribution in [0.5, 0.6) is 0 Å². The SMILES string of the molecule is CCc1nc(CNS(=O)(=O)c2ccc3c(c2)CCN3C(C)=O)no1. The molecule has 0 saturated carbocycles. The number of fused-ring (bicyclic) bond motifs is 1. The first-order valence-corrected chi connectivity index (χ1v) is 9.11. The van der Waals surface area contributed by atoms with Crippen molar-refractivity contribution in [3.63, 3.8) is 0 Å². The van der Waals surface area contributed by atoms with Gasteiger partial charge in [0.25, 0.3) is 0 Å². The van der Waals surface area contributed by atoms with E-state index in [-0.39, 0.29) is 17.3 Å². The molecule has 3 rings (SSSR count). The molecule has 128 valence electrons. The lowest BCUT2D eigenvalue weighted by atomic mass is 10.2. The Morgan fingerprint density at radius 3 is 2.88 bits per heavy atom. The summed E-state index contributed by atoms with van der Waals surface area (Å²) in [5.74, 6) is 0.705. The molecule has 8 nitrogen and oxygen atoms in total. The Bertz CT molecular complexity index is 875. The van der Waals surface area contributed by atoms with Gasteiger partial charge in [0.2, 0.25) is 21.8 Å². The van der Waals surface area contributed by atoms with Crippen molar-refractivity contribution in [3.8, 4) is 0 Å². The van der Waals surface area contributed by atoms with Crippen LogP contribution >= 0.6 is 0 Å². The number of rotatable bonds is 5. The van der Waals surface area contributed by atoms with Crippen LogP contribution in [0.2, 0.25) is 0 Å². The summed E-state index contributed by atoms with van der Waals surface area (Å²) in [6.45, 7) is 3.90. The number of hydrogen-bond acceptors (Lipinski definition) is 6. The van der Waals surface area contributed by atoms with Crippen LogP contribution in [0.25, 0.3) is 0 Å². The minimum atomic E-state index is -3.69. The lowest BCUT2D eigenvalue weighted by Crippen LogP contribution is -2.26. The van der Waals surface area contributed by atoms with Crippen LogP contribution in [0.4, 0.5) is 5.69 Å². The maximum atomic E-state index is 12.4. The molecule has 2 heterocycles. The van der Waals surface area contributed by atoms with Crippen LogP contribution in [0.3, 0.4) is 0 Å². The molecule has 1 aliphatic rings. The predicted octanol–water partition coefficient (Wildman–Crippen LogP) is 1.02. The van der Waals surface area contributed by atoms with Gasteiger partial charge >= 0.3 is 0 Å². The molecule has 0 aliphatic carbocycles. The van der Waals surface area contributed by atoms with Crippen LogP contribution in [-0.2, 0) is 34.2 Å². The molecule has 0 spiro atoms. The highest BCUT2D eigenvalue weighted by Crippen LogP contribution is 2.30. The van der Waals surface area contributed by atoms with Crippen LogP contribution < -0.4 is 9.62 Å². The molecule has 9 heteroatoms. The molecular formula is C15H18N4O4S. The van der Waals surface area contributed by atoms with Crippen LogP contribution in [0, 0.1) is 0 Å². The van der Waals surface area contributed by atoms with Crippen molar-refractivity contribution in [1.82, 2.24) is 14.9 Å². The van der Waals surface area contributed by atoms with Crippen LogP contribution in [-0.4, -0.2) is 31.0 Å². The van der Waals surface area contributed by atoms with Gasteiger partial charge < -0.3 is 9.42 Å². The fourth-order valence-electron chi connectivity index (χ4n) is 2.62. The Labute approximate surface area is 139 Å². The number of amides is 1. The van der Waals surface area contributed by atoms with E-state index in [1.807, 2.05) is 6.92 Å². The van der Waals surface area contributed by atoms with Gasteiger partial charge in [-0.05, 0) is 30.2 Å². The first kappa shape index (κ1) is 16.6. The van der Waals surface area contributed by atoms with Gasteiger partial charge in [-0.15, -0.1) is 0 Å². The molecule has 0 atom stereocenters. The number of sulfonamides is 1. The second-order valence-electron chi connectivity index (χ2n) is 5.49. The minimum absolute atomic E-state index is 0.0392. The Kier molecular flexibility index (Phi) is 4.37. The van der Waals surface area contributed by atoms with Gasteiger partial charge in [0.05, 0.1) is 11.4 Å². The standard InChI is InChI=1S/C15H18N4O4S/c1-3-15-17-14(18-23-15)9-16-24(21,22)12-4-5-13-11(8-12)6-7-19(13)10(2)20/h4-5,8,16H,3,6-7,9H2,1-2H3. The van der Waals surface area contributed by atoms with Crippen LogP contribution in [0.1, 0.15) is 31.1 Å². The largest absolute Gasteiger partial charge is 0.339 e. The number of hydrogen-bond donors (Lipinski definition) is 1. The van der Waals surface area contributed by atoms with Gasteiger partial charge in [-0.1, -0.05) is 12.1 Å². The summed E-state index contributed by atoms with van der Waals surface area (Å²) in [6, 6.07) is 4.77. The van der Waals surface area contributed by atoms with Crippen molar-refractivity contribution in [2.75, 3.05) is 11.4 Å². The molecule has 2 aromatic rings. The Morgan fingerprint density at radius 1 is 1.42 bits per heavy atom. The van der Waals surface area contributed by atoms with E-state index in [0.29, 0.717) is 31.1 Å². The third-order valence-electron chi connectivity index (χ3n) is 3.87. The normalized spacial score (nSPS) is 14.0. The van der Waals surface area contributed by atoms with E-state index < -0.39 is 10.0 Å². The lowest BCUT2D eigenvalue weighted by Gasteiger charge is -2.15. The second kappa shape index (κ2) is 6.33. The molecule has 0 saturated heterocycles. The molecule has 0 unspecified atom stereocenters. The number of benzene rings is 1. The predicted molar refractivity (Wildman–Crippen MR) is 85.9 cm³/mol. The maximum absolute atomic E-state index is 12.4. The van der Waals surface area contributed by atoms with Crippen molar-refractivity contribution in [2.45, 2.75) is 38.1 Å². The van der Waals surface area contributed by atoms with Gasteiger partial charge in [0.1, 0.15) is 0 Å². The number of aryl methyl sites for hydroxylation is 1. The Balaban J connectivity index is 1.77. The Morgan fingerprint density at radius 2 is 2.21 bits per heavy atom. The van der Waals surface area contributed by atoms with Crippen molar-refractivity contribution in [3.05, 3.63) is 35.5 Å². The number of carbonyl (C=O) groups excluding carboxylic acids is 1. The molecule has 0 radical (unpaired) electrons. The van der Waals surface area contributed by atoms with E-state index in [1.165, 1.54) is 13.0 Å². The number of carbonyl (C=O) groups is 1. The zero-order chi connectivity index (χ0) is 17.3. The van der Waals surface area contributed by atoms with Crippen LogP contribution in [0.15, 0.2) is 27.6 Å². The molecule has 1 aromatic heterocycles. The highest BCUT2D eigenvalue weighted by Gasteiger charge is 2.24. The first-order chi connectivity index (χ1) is 11.4. The van der Waals surface area contributed by atoms with Gasteiger partial charge in [0, 0.05) is 25.6 Å². The van der Waals surface area contributed by atoms with Crippen molar-refractivity contribution >= 4 is 21.6 Å². The van der Waals surface area contributed by atoms with Crippen molar-refractivity contribution in [2.24, 2.45) is 0 Å².